The first kappa shape index (κ1) is 15.9. The summed E-state index contributed by atoms with van der Waals surface area (Å²) in [6, 6.07) is 10.8. The Labute approximate surface area is 129 Å². The molecule has 1 heterocycles. The van der Waals surface area contributed by atoms with Crippen molar-refractivity contribution >= 4 is 11.8 Å². The molecule has 1 atom stereocenters. The van der Waals surface area contributed by atoms with Gasteiger partial charge in [-0.1, -0.05) is 30.3 Å². The Morgan fingerprint density at radius 1 is 1.23 bits per heavy atom. The number of benzene rings is 1. The zero-order valence-corrected chi connectivity index (χ0v) is 13.1. The lowest BCUT2D eigenvalue weighted by molar-refractivity contribution is -0.146. The SMILES string of the molecule is Cc1cc(C)n(CCC(=O)OC(C)C(=O)c2ccccc2)n1. The van der Waals surface area contributed by atoms with Crippen molar-refractivity contribution in [3.8, 4) is 0 Å². The van der Waals surface area contributed by atoms with Crippen molar-refractivity contribution in [1.82, 2.24) is 9.78 Å². The van der Waals surface area contributed by atoms with Gasteiger partial charge in [0.05, 0.1) is 18.7 Å². The molecular weight excluding hydrogens is 280 g/mol. The van der Waals surface area contributed by atoms with Gasteiger partial charge in [-0.05, 0) is 26.8 Å². The summed E-state index contributed by atoms with van der Waals surface area (Å²) in [5.74, 6) is -0.593. The van der Waals surface area contributed by atoms with E-state index >= 15 is 0 Å². The Bertz CT molecular complexity index is 662. The second-order valence-corrected chi connectivity index (χ2v) is 5.26. The lowest BCUT2D eigenvalue weighted by Crippen LogP contribution is -2.25. The summed E-state index contributed by atoms with van der Waals surface area (Å²) in [4.78, 5) is 24.0. The number of rotatable bonds is 6. The van der Waals surface area contributed by atoms with Crippen molar-refractivity contribution < 1.29 is 14.3 Å². The quantitative estimate of drug-likeness (QED) is 0.608. The third-order valence-electron chi connectivity index (χ3n) is 3.37. The molecule has 1 aromatic heterocycles. The van der Waals surface area contributed by atoms with E-state index in [2.05, 4.69) is 5.10 Å². The second-order valence-electron chi connectivity index (χ2n) is 5.26. The van der Waals surface area contributed by atoms with Gasteiger partial charge in [0.25, 0.3) is 0 Å². The summed E-state index contributed by atoms with van der Waals surface area (Å²) >= 11 is 0. The third-order valence-corrected chi connectivity index (χ3v) is 3.37. The van der Waals surface area contributed by atoms with E-state index in [0.29, 0.717) is 12.1 Å². The van der Waals surface area contributed by atoms with Crippen LogP contribution in [0.3, 0.4) is 0 Å². The van der Waals surface area contributed by atoms with Crippen molar-refractivity contribution in [3.05, 3.63) is 53.3 Å². The first-order valence-corrected chi connectivity index (χ1v) is 7.27. The summed E-state index contributed by atoms with van der Waals surface area (Å²) in [5, 5.41) is 4.29. The third kappa shape index (κ3) is 4.04. The van der Waals surface area contributed by atoms with Crippen LogP contribution < -0.4 is 0 Å². The summed E-state index contributed by atoms with van der Waals surface area (Å²) in [5.41, 5.74) is 2.46. The van der Waals surface area contributed by atoms with Gasteiger partial charge < -0.3 is 4.74 Å². The van der Waals surface area contributed by atoms with Crippen LogP contribution in [0.5, 0.6) is 0 Å². The van der Waals surface area contributed by atoms with Crippen molar-refractivity contribution in [1.29, 1.82) is 0 Å². The monoisotopic (exact) mass is 300 g/mol. The van der Waals surface area contributed by atoms with Crippen molar-refractivity contribution in [2.75, 3.05) is 0 Å². The summed E-state index contributed by atoms with van der Waals surface area (Å²) in [7, 11) is 0. The maximum Gasteiger partial charge on any atom is 0.308 e. The summed E-state index contributed by atoms with van der Waals surface area (Å²) in [6.07, 6.45) is -0.593. The number of esters is 1. The molecule has 2 aromatic rings. The van der Waals surface area contributed by atoms with Crippen LogP contribution in [0, 0.1) is 13.8 Å². The van der Waals surface area contributed by atoms with Crippen LogP contribution in [0.1, 0.15) is 35.1 Å². The molecule has 0 N–H and O–H groups in total. The number of Topliss-reactive ketones (excluding diaryl/α,β-unsaturated/α-hetero) is 1. The van der Waals surface area contributed by atoms with Crippen LogP contribution in [-0.2, 0) is 16.1 Å². The number of hydrogen-bond acceptors (Lipinski definition) is 4. The Hall–Kier alpha value is -2.43. The van der Waals surface area contributed by atoms with Gasteiger partial charge in [-0.15, -0.1) is 0 Å². The van der Waals surface area contributed by atoms with Gasteiger partial charge in [0, 0.05) is 11.3 Å². The Morgan fingerprint density at radius 3 is 2.50 bits per heavy atom. The first-order chi connectivity index (χ1) is 10.5. The number of hydrogen-bond donors (Lipinski definition) is 0. The van der Waals surface area contributed by atoms with E-state index in [-0.39, 0.29) is 12.2 Å². The van der Waals surface area contributed by atoms with Crippen LogP contribution >= 0.6 is 0 Å². The molecule has 0 aliphatic heterocycles. The average Bonchev–Trinajstić information content (AvgIpc) is 2.83. The molecule has 0 radical (unpaired) electrons. The molecule has 0 bridgehead atoms. The Kier molecular flexibility index (Phi) is 5.09. The van der Waals surface area contributed by atoms with Crippen molar-refractivity contribution in [2.45, 2.75) is 39.8 Å². The maximum atomic E-state index is 12.1. The fraction of sp³-hybridized carbons (Fsp3) is 0.353. The molecule has 0 amide bonds. The predicted molar refractivity (Wildman–Crippen MR) is 82.6 cm³/mol. The highest BCUT2D eigenvalue weighted by atomic mass is 16.5. The molecule has 116 valence electrons. The Balaban J connectivity index is 1.86. The fourth-order valence-electron chi connectivity index (χ4n) is 2.25. The minimum absolute atomic E-state index is 0.189. The van der Waals surface area contributed by atoms with Crippen molar-refractivity contribution in [2.24, 2.45) is 0 Å². The Morgan fingerprint density at radius 2 is 1.91 bits per heavy atom. The number of nitrogens with zero attached hydrogens (tertiary/aromatic N) is 2. The number of ketones is 1. The van der Waals surface area contributed by atoms with Gasteiger partial charge in [-0.3, -0.25) is 14.3 Å². The molecule has 1 aromatic carbocycles. The zero-order chi connectivity index (χ0) is 16.1. The van der Waals surface area contributed by atoms with E-state index in [1.807, 2.05) is 26.0 Å². The average molecular weight is 300 g/mol. The van der Waals surface area contributed by atoms with Gasteiger partial charge in [0.2, 0.25) is 5.78 Å². The molecular formula is C17H20N2O3. The van der Waals surface area contributed by atoms with E-state index in [0.717, 1.165) is 11.4 Å². The van der Waals surface area contributed by atoms with Crippen LogP contribution in [0.15, 0.2) is 36.4 Å². The molecule has 0 saturated heterocycles. The van der Waals surface area contributed by atoms with Gasteiger partial charge in [0.1, 0.15) is 0 Å². The highest BCUT2D eigenvalue weighted by Gasteiger charge is 2.19. The van der Waals surface area contributed by atoms with Crippen LogP contribution in [0.4, 0.5) is 0 Å². The number of aromatic nitrogens is 2. The summed E-state index contributed by atoms with van der Waals surface area (Å²) < 4.78 is 6.97. The molecule has 22 heavy (non-hydrogen) atoms. The molecule has 0 fully saturated rings. The number of aryl methyl sites for hydroxylation is 3. The standard InChI is InChI=1S/C17H20N2O3/c1-12-11-13(2)19(18-12)10-9-16(20)22-14(3)17(21)15-7-5-4-6-8-15/h4-8,11,14H,9-10H2,1-3H3. The van der Waals surface area contributed by atoms with Gasteiger partial charge >= 0.3 is 5.97 Å². The lowest BCUT2D eigenvalue weighted by Gasteiger charge is -2.12. The molecule has 5 nitrogen and oxygen atoms in total. The minimum Gasteiger partial charge on any atom is -0.454 e. The largest absolute Gasteiger partial charge is 0.454 e. The fourth-order valence-corrected chi connectivity index (χ4v) is 2.25. The number of ether oxygens (including phenoxy) is 1. The van der Waals surface area contributed by atoms with Gasteiger partial charge in [-0.25, -0.2) is 0 Å². The van der Waals surface area contributed by atoms with Gasteiger partial charge in [-0.2, -0.15) is 5.10 Å². The van der Waals surface area contributed by atoms with E-state index < -0.39 is 12.1 Å². The molecule has 5 heteroatoms. The summed E-state index contributed by atoms with van der Waals surface area (Å²) in [6.45, 7) is 5.89. The van der Waals surface area contributed by atoms with Crippen molar-refractivity contribution in [3.63, 3.8) is 0 Å². The zero-order valence-electron chi connectivity index (χ0n) is 13.1. The normalized spacial score (nSPS) is 12.0. The van der Waals surface area contributed by atoms with E-state index in [1.54, 1.807) is 35.9 Å². The van der Waals surface area contributed by atoms with Gasteiger partial charge in [0.15, 0.2) is 6.10 Å². The number of carbonyl (C=O) groups is 2. The highest BCUT2D eigenvalue weighted by Crippen LogP contribution is 2.08. The topological polar surface area (TPSA) is 61.2 Å². The second kappa shape index (κ2) is 7.02. The molecule has 2 rings (SSSR count). The highest BCUT2D eigenvalue weighted by molar-refractivity contribution is 6.00. The van der Waals surface area contributed by atoms with Crippen LogP contribution in [0.25, 0.3) is 0 Å². The molecule has 1 unspecified atom stereocenters. The van der Waals surface area contributed by atoms with Crippen LogP contribution in [-0.4, -0.2) is 27.6 Å². The molecule has 0 aliphatic rings. The van der Waals surface area contributed by atoms with E-state index in [9.17, 15) is 9.59 Å². The maximum absolute atomic E-state index is 12.1. The lowest BCUT2D eigenvalue weighted by atomic mass is 10.1. The minimum atomic E-state index is -0.782. The molecule has 0 saturated carbocycles. The number of carbonyl (C=O) groups excluding carboxylic acids is 2. The smallest absolute Gasteiger partial charge is 0.308 e. The molecule has 0 aliphatic carbocycles. The van der Waals surface area contributed by atoms with E-state index in [1.165, 1.54) is 0 Å². The predicted octanol–water partition coefficient (Wildman–Crippen LogP) is 2.70. The van der Waals surface area contributed by atoms with E-state index in [4.69, 9.17) is 4.74 Å². The first-order valence-electron chi connectivity index (χ1n) is 7.27. The van der Waals surface area contributed by atoms with Crippen LogP contribution in [0.2, 0.25) is 0 Å². The molecule has 0 spiro atoms.